The van der Waals surface area contributed by atoms with Crippen LogP contribution in [-0.4, -0.2) is 45.8 Å². The molecule has 9 nitrogen and oxygen atoms in total. The van der Waals surface area contributed by atoms with Gasteiger partial charge in [0.05, 0.1) is 34.1 Å². The minimum absolute atomic E-state index is 0.163. The number of hydrogen-bond acceptors (Lipinski definition) is 8. The monoisotopic (exact) mass is 1270 g/mol. The van der Waals surface area contributed by atoms with E-state index in [0.29, 0.717) is 57.4 Å². The zero-order valence-electron chi connectivity index (χ0n) is 54.8. The molecule has 0 bridgehead atoms. The predicted octanol–water partition coefficient (Wildman–Crippen LogP) is 16.8. The second-order valence-electron chi connectivity index (χ2n) is 25.1. The number of ether oxygens (including phenoxy) is 2. The normalized spacial score (nSPS) is 12.8. The van der Waals surface area contributed by atoms with Crippen LogP contribution in [0.15, 0.2) is 247 Å². The van der Waals surface area contributed by atoms with Gasteiger partial charge in [-0.2, -0.15) is 10.5 Å². The fourth-order valence-corrected chi connectivity index (χ4v) is 15.2. The summed E-state index contributed by atoms with van der Waals surface area (Å²) in [4.78, 5) is 10.9. The zero-order valence-corrected chi connectivity index (χ0v) is 55.6. The van der Waals surface area contributed by atoms with E-state index in [2.05, 4.69) is 243 Å². The zero-order chi connectivity index (χ0) is 65.5. The number of hydrogen-bond donors (Lipinski definition) is 0. The molecular weight excluding hydrogens is 1190 g/mol. The lowest BCUT2D eigenvalue weighted by molar-refractivity contribution is 0.233. The van der Waals surface area contributed by atoms with Gasteiger partial charge < -0.3 is 22.8 Å². The maximum Gasteiger partial charge on any atom is 0.328 e. The Balaban J connectivity index is 1.23. The van der Waals surface area contributed by atoms with Crippen molar-refractivity contribution in [3.8, 4) is 46.2 Å². The minimum Gasteiger partial charge on any atom is -0.493 e. The number of aromatic nitrogens is 4. The summed E-state index contributed by atoms with van der Waals surface area (Å²) in [5.74, 6) is 2.49. The van der Waals surface area contributed by atoms with Crippen LogP contribution in [0.5, 0.6) is 11.5 Å². The number of rotatable bonds is 24. The molecule has 0 aliphatic heterocycles. The van der Waals surface area contributed by atoms with Gasteiger partial charge in [-0.3, -0.25) is 0 Å². The lowest BCUT2D eigenvalue weighted by Crippen LogP contribution is -2.54. The van der Waals surface area contributed by atoms with Gasteiger partial charge in [-0.1, -0.05) is 270 Å². The fraction of sp³-hybridized carbons (Fsp3) is 0.190. The van der Waals surface area contributed by atoms with E-state index in [-0.39, 0.29) is 11.5 Å². The fourth-order valence-electron chi connectivity index (χ4n) is 14.1. The van der Waals surface area contributed by atoms with Crippen molar-refractivity contribution >= 4 is 112 Å². The summed E-state index contributed by atoms with van der Waals surface area (Å²) in [6, 6.07) is 89.6. The van der Waals surface area contributed by atoms with Gasteiger partial charge >= 0.3 is 13.7 Å². The van der Waals surface area contributed by atoms with Gasteiger partial charge in [0.2, 0.25) is 5.89 Å². The Labute approximate surface area is 566 Å². The highest BCUT2D eigenvalue weighted by molar-refractivity contribution is 7.20. The molecule has 0 spiro atoms. The number of nitrogens with zero attached hydrogens (tertiary/aromatic N) is 6. The Morgan fingerprint density at radius 2 is 0.885 bits per heavy atom. The molecule has 4 heterocycles. The molecule has 0 saturated heterocycles. The van der Waals surface area contributed by atoms with Gasteiger partial charge in [0.25, 0.3) is 0 Å². The van der Waals surface area contributed by atoms with Gasteiger partial charge in [-0.25, -0.2) is 9.97 Å². The second-order valence-corrected chi connectivity index (χ2v) is 26.1. The average Bonchev–Trinajstić information content (AvgIpc) is 1.52. The molecule has 2 atom stereocenters. The number of thiazole rings is 1. The molecule has 0 aliphatic carbocycles. The van der Waals surface area contributed by atoms with Crippen molar-refractivity contribution < 1.29 is 13.9 Å². The lowest BCUT2D eigenvalue weighted by Gasteiger charge is -2.24. The van der Waals surface area contributed by atoms with Crippen molar-refractivity contribution in [1.82, 2.24) is 18.9 Å². The van der Waals surface area contributed by atoms with Crippen LogP contribution in [0.4, 0.5) is 0 Å². The number of nitriles is 2. The van der Waals surface area contributed by atoms with E-state index in [0.717, 1.165) is 150 Å². The van der Waals surface area contributed by atoms with Crippen molar-refractivity contribution in [3.05, 3.63) is 264 Å². The van der Waals surface area contributed by atoms with E-state index in [1.165, 1.54) is 11.3 Å². The molecule has 2 unspecified atom stereocenters. The smallest absolute Gasteiger partial charge is 0.328 e. The SMILES string of the molecule is CCCCC(CC)COc1ccc(-c2c3/c(=C(\C#N)c4nc5ccc6ccccc6c5s4)n(B(c4ccccc4)c4ccccc4)c(-c4ccc(OCC(CC)CCCC)cc4)c3/c(=C(\C#N)c3nc4ccc5ccccc5c4o3)n2B(c2ccccc2)c2ccccc2)cc1. The van der Waals surface area contributed by atoms with Crippen molar-refractivity contribution in [2.24, 2.45) is 11.8 Å². The molecule has 0 fully saturated rings. The summed E-state index contributed by atoms with van der Waals surface area (Å²) >= 11 is 1.53. The van der Waals surface area contributed by atoms with Crippen molar-refractivity contribution in [1.29, 1.82) is 10.5 Å². The Bertz CT molecular complexity index is 4880. The summed E-state index contributed by atoms with van der Waals surface area (Å²) in [6.45, 7) is 9.00. The van der Waals surface area contributed by atoms with Crippen LogP contribution in [0.3, 0.4) is 0 Å². The predicted molar refractivity (Wildman–Crippen MR) is 399 cm³/mol. The Morgan fingerprint density at radius 1 is 0.469 bits per heavy atom. The summed E-state index contributed by atoms with van der Waals surface area (Å²) in [5.41, 5.74) is 9.68. The molecule has 10 aromatic carbocycles. The number of benzene rings is 10. The van der Waals surface area contributed by atoms with Crippen molar-refractivity contribution in [2.75, 3.05) is 13.2 Å². The first kappa shape index (κ1) is 62.8. The first-order valence-corrected chi connectivity index (χ1v) is 34.8. The molecule has 0 saturated carbocycles. The molecule has 14 rings (SSSR count). The van der Waals surface area contributed by atoms with E-state index in [9.17, 15) is 10.5 Å². The summed E-state index contributed by atoms with van der Waals surface area (Å²) < 4.78 is 26.4. The van der Waals surface area contributed by atoms with Gasteiger partial charge in [-0.15, -0.1) is 11.3 Å². The van der Waals surface area contributed by atoms with E-state index in [4.69, 9.17) is 23.9 Å². The van der Waals surface area contributed by atoms with Gasteiger partial charge in [-0.05, 0) is 107 Å². The molecule has 470 valence electrons. The van der Waals surface area contributed by atoms with Crippen LogP contribution in [0.1, 0.15) is 90.0 Å². The van der Waals surface area contributed by atoms with E-state index in [1.807, 2.05) is 48.5 Å². The minimum atomic E-state index is -0.597. The van der Waals surface area contributed by atoms with Crippen LogP contribution in [0.2, 0.25) is 0 Å². The van der Waals surface area contributed by atoms with Gasteiger partial charge in [0, 0.05) is 32.9 Å². The maximum atomic E-state index is 12.7. The number of oxazole rings is 1. The van der Waals surface area contributed by atoms with Gasteiger partial charge in [0.1, 0.15) is 45.3 Å². The Hall–Kier alpha value is -10.7. The molecule has 96 heavy (non-hydrogen) atoms. The molecule has 0 N–H and O–H groups in total. The standard InChI is InChI=1S/C84H74B2N6O3S/c1-5-9-27-57(7-3)55-93-67-47-41-61(42-48-67)77-75-76(80(92(77)86(65-35-19-13-20-36-65)66-37-21-14-22-38-66)72(54-88)84-90-74-52-46-60-30-24-26-40-70(60)82(74)96-84)78(62-43-49-68(50-44-62)94-56-58(8-4)28-10-6-2)91(85(63-31-15-11-16-32-63)64-33-17-12-18-34-64)79(75)71(53-87)83-89-73-51-45-59-29-23-25-39-69(59)81(73)95-83/h11-26,29-52,57-58H,5-10,27-28,55-56H2,1-4H3/b79-71-,80-72-. The van der Waals surface area contributed by atoms with E-state index >= 15 is 0 Å². The molecular formula is C84H74B2N6O3S. The third-order valence-electron chi connectivity index (χ3n) is 19.1. The molecule has 14 aromatic rings. The first-order chi connectivity index (χ1) is 47.4. The van der Waals surface area contributed by atoms with E-state index in [1.54, 1.807) is 0 Å². The molecule has 12 heteroatoms. The highest BCUT2D eigenvalue weighted by Gasteiger charge is 2.38. The highest BCUT2D eigenvalue weighted by Crippen LogP contribution is 2.40. The third-order valence-corrected chi connectivity index (χ3v) is 20.3. The second kappa shape index (κ2) is 28.5. The van der Waals surface area contributed by atoms with Gasteiger partial charge in [0.15, 0.2) is 5.58 Å². The number of unbranched alkanes of at least 4 members (excludes halogenated alkanes) is 2. The third kappa shape index (κ3) is 12.2. The van der Waals surface area contributed by atoms with Crippen molar-refractivity contribution in [3.63, 3.8) is 0 Å². The van der Waals surface area contributed by atoms with Crippen molar-refractivity contribution in [2.45, 2.75) is 79.1 Å². The quantitative estimate of drug-likeness (QED) is 0.0554. The van der Waals surface area contributed by atoms with Crippen LogP contribution in [0.25, 0.3) is 87.3 Å². The largest absolute Gasteiger partial charge is 0.493 e. The maximum absolute atomic E-state index is 12.7. The molecule has 0 radical (unpaired) electrons. The van der Waals surface area contributed by atoms with Crippen LogP contribution < -0.4 is 42.0 Å². The molecule has 0 amide bonds. The Kier molecular flexibility index (Phi) is 18.6. The topological polar surface area (TPSA) is 115 Å². The lowest BCUT2D eigenvalue weighted by atomic mass is 9.50. The average molecular weight is 1270 g/mol. The van der Waals surface area contributed by atoms with E-state index < -0.39 is 13.7 Å². The first-order valence-electron chi connectivity index (χ1n) is 34.0. The summed E-state index contributed by atoms with van der Waals surface area (Å²) in [6.07, 6.45) is 8.79. The number of fused-ring (bicyclic) bond motifs is 7. The molecule has 0 aliphatic rings. The van der Waals surface area contributed by atoms with Crippen LogP contribution >= 0.6 is 11.3 Å². The molecule has 4 aromatic heterocycles. The van der Waals surface area contributed by atoms with Crippen LogP contribution in [-0.2, 0) is 0 Å². The Morgan fingerprint density at radius 3 is 1.33 bits per heavy atom. The summed E-state index contributed by atoms with van der Waals surface area (Å²) in [5, 5.41) is 32.6. The highest BCUT2D eigenvalue weighted by atomic mass is 32.1. The summed E-state index contributed by atoms with van der Waals surface area (Å²) in [7, 11) is 0. The van der Waals surface area contributed by atoms with Crippen LogP contribution in [0, 0.1) is 34.5 Å².